The number of aromatic amines is 1. The molecule has 0 spiro atoms. The molecule has 8 nitrogen and oxygen atoms in total. The Bertz CT molecular complexity index is 835. The zero-order chi connectivity index (χ0) is 18.1. The average molecular weight is 356 g/mol. The first-order chi connectivity index (χ1) is 12.6. The number of aliphatic imine (C=N–C) groups is 1. The van der Waals surface area contributed by atoms with Gasteiger partial charge in [-0.15, -0.1) is 0 Å². The third-order valence-corrected chi connectivity index (χ3v) is 4.66. The first-order valence-corrected chi connectivity index (χ1v) is 9.04. The Morgan fingerprint density at radius 1 is 1.31 bits per heavy atom. The Kier molecular flexibility index (Phi) is 4.50. The topological polar surface area (TPSA) is 98.7 Å². The molecule has 2 aliphatic heterocycles. The number of hydrogen-bond acceptors (Lipinski definition) is 7. The van der Waals surface area contributed by atoms with E-state index in [0.717, 1.165) is 48.3 Å². The molecule has 138 valence electrons. The molecule has 1 unspecified atom stereocenters. The molecular weight excluding hydrogens is 332 g/mol. The van der Waals surface area contributed by atoms with E-state index in [9.17, 15) is 5.11 Å². The van der Waals surface area contributed by atoms with E-state index in [4.69, 9.17) is 4.74 Å². The van der Waals surface area contributed by atoms with Gasteiger partial charge in [-0.05, 0) is 32.8 Å². The number of fused-ring (bicyclic) bond motifs is 1. The lowest BCUT2D eigenvalue weighted by atomic mass is 10.1. The summed E-state index contributed by atoms with van der Waals surface area (Å²) in [5, 5.41) is 21.5. The number of likely N-dealkylation sites (tertiary alicyclic amines) is 1. The monoisotopic (exact) mass is 356 g/mol. The van der Waals surface area contributed by atoms with Crippen LogP contribution in [0, 0.1) is 0 Å². The van der Waals surface area contributed by atoms with Gasteiger partial charge in [-0.3, -0.25) is 5.10 Å². The van der Waals surface area contributed by atoms with Crippen LogP contribution in [-0.2, 0) is 0 Å². The lowest BCUT2D eigenvalue weighted by molar-refractivity contribution is 0.0963. The molecule has 0 amide bonds. The molecule has 0 aliphatic carbocycles. The quantitative estimate of drug-likeness (QED) is 0.771. The van der Waals surface area contributed by atoms with Crippen molar-refractivity contribution >= 4 is 17.2 Å². The van der Waals surface area contributed by atoms with Crippen molar-refractivity contribution in [3.8, 4) is 5.88 Å². The average Bonchev–Trinajstić information content (AvgIpc) is 3.05. The van der Waals surface area contributed by atoms with Gasteiger partial charge in [0.1, 0.15) is 5.82 Å². The van der Waals surface area contributed by atoms with Gasteiger partial charge in [-0.2, -0.15) is 5.10 Å². The van der Waals surface area contributed by atoms with Gasteiger partial charge in [-0.25, -0.2) is 9.98 Å². The minimum absolute atomic E-state index is 0.0659. The molecule has 0 bridgehead atoms. The normalized spacial score (nSPS) is 21.2. The fourth-order valence-electron chi connectivity index (χ4n) is 3.32. The second kappa shape index (κ2) is 6.95. The van der Waals surface area contributed by atoms with Crippen LogP contribution in [0.1, 0.15) is 38.4 Å². The van der Waals surface area contributed by atoms with Crippen molar-refractivity contribution in [3.05, 3.63) is 29.9 Å². The Labute approximate surface area is 152 Å². The number of hydrogen-bond donors (Lipinski definition) is 3. The van der Waals surface area contributed by atoms with Gasteiger partial charge in [-0.1, -0.05) is 0 Å². The van der Waals surface area contributed by atoms with Crippen LogP contribution in [0.2, 0.25) is 0 Å². The molecule has 3 N–H and O–H groups in total. The van der Waals surface area contributed by atoms with Gasteiger partial charge in [0, 0.05) is 24.5 Å². The number of ether oxygens (including phenoxy) is 1. The van der Waals surface area contributed by atoms with Crippen LogP contribution in [0.25, 0.3) is 10.9 Å². The minimum atomic E-state index is -0.199. The smallest absolute Gasteiger partial charge is 0.214 e. The Morgan fingerprint density at radius 2 is 2.12 bits per heavy atom. The SMILES string of the molecule is CC(C)Oc1cc2c(C3C=C(N4CCC(O)CC4)N=CN3)n[nH]c2cn1. The van der Waals surface area contributed by atoms with Crippen LogP contribution in [0.3, 0.4) is 0 Å². The summed E-state index contributed by atoms with van der Waals surface area (Å²) in [7, 11) is 0. The Morgan fingerprint density at radius 3 is 2.88 bits per heavy atom. The van der Waals surface area contributed by atoms with Crippen molar-refractivity contribution in [2.75, 3.05) is 13.1 Å². The van der Waals surface area contributed by atoms with Crippen LogP contribution in [-0.4, -0.2) is 56.8 Å². The zero-order valence-corrected chi connectivity index (χ0v) is 15.0. The number of piperidine rings is 1. The molecule has 4 heterocycles. The highest BCUT2D eigenvalue weighted by Crippen LogP contribution is 2.28. The zero-order valence-electron chi connectivity index (χ0n) is 15.0. The molecule has 8 heteroatoms. The fourth-order valence-corrected chi connectivity index (χ4v) is 3.32. The molecule has 2 aliphatic rings. The molecule has 0 aromatic carbocycles. The summed E-state index contributed by atoms with van der Waals surface area (Å²) in [5.74, 6) is 1.51. The van der Waals surface area contributed by atoms with E-state index in [0.29, 0.717) is 5.88 Å². The number of nitrogens with zero attached hydrogens (tertiary/aromatic N) is 4. The minimum Gasteiger partial charge on any atom is -0.475 e. The molecular formula is C18H24N6O2. The number of pyridine rings is 1. The van der Waals surface area contributed by atoms with Crippen molar-refractivity contribution in [1.82, 2.24) is 25.4 Å². The number of aliphatic hydroxyl groups is 1. The predicted molar refractivity (Wildman–Crippen MR) is 98.9 cm³/mol. The lowest BCUT2D eigenvalue weighted by Gasteiger charge is -2.33. The highest BCUT2D eigenvalue weighted by atomic mass is 16.5. The van der Waals surface area contributed by atoms with Crippen molar-refractivity contribution in [1.29, 1.82) is 0 Å². The van der Waals surface area contributed by atoms with Crippen LogP contribution < -0.4 is 10.1 Å². The molecule has 2 aromatic rings. The van der Waals surface area contributed by atoms with E-state index in [-0.39, 0.29) is 18.2 Å². The largest absolute Gasteiger partial charge is 0.475 e. The third-order valence-electron chi connectivity index (χ3n) is 4.66. The molecule has 0 saturated carbocycles. The molecule has 0 radical (unpaired) electrons. The van der Waals surface area contributed by atoms with Crippen molar-refractivity contribution in [3.63, 3.8) is 0 Å². The summed E-state index contributed by atoms with van der Waals surface area (Å²) in [5.41, 5.74) is 1.76. The van der Waals surface area contributed by atoms with E-state index in [1.54, 1.807) is 12.5 Å². The highest BCUT2D eigenvalue weighted by Gasteiger charge is 2.23. The van der Waals surface area contributed by atoms with E-state index < -0.39 is 0 Å². The first-order valence-electron chi connectivity index (χ1n) is 9.04. The maximum atomic E-state index is 9.71. The molecule has 26 heavy (non-hydrogen) atoms. The van der Waals surface area contributed by atoms with E-state index >= 15 is 0 Å². The van der Waals surface area contributed by atoms with Crippen molar-refractivity contribution in [2.45, 2.75) is 44.9 Å². The molecule has 1 atom stereocenters. The van der Waals surface area contributed by atoms with E-state index in [1.165, 1.54) is 0 Å². The summed E-state index contributed by atoms with van der Waals surface area (Å²) in [4.78, 5) is 11.0. The maximum Gasteiger partial charge on any atom is 0.214 e. The second-order valence-electron chi connectivity index (χ2n) is 6.99. The summed E-state index contributed by atoms with van der Waals surface area (Å²) in [6.45, 7) is 5.58. The van der Waals surface area contributed by atoms with Gasteiger partial charge in [0.2, 0.25) is 5.88 Å². The number of nitrogens with one attached hydrogen (secondary N) is 2. The Hall–Kier alpha value is -2.61. The van der Waals surface area contributed by atoms with E-state index in [2.05, 4.69) is 36.5 Å². The fraction of sp³-hybridized carbons (Fsp3) is 0.500. The lowest BCUT2D eigenvalue weighted by Crippen LogP contribution is -2.36. The highest BCUT2D eigenvalue weighted by molar-refractivity contribution is 5.82. The number of H-pyrrole nitrogens is 1. The maximum absolute atomic E-state index is 9.71. The number of aliphatic hydroxyl groups excluding tert-OH is 1. The van der Waals surface area contributed by atoms with Crippen LogP contribution in [0.4, 0.5) is 0 Å². The summed E-state index contributed by atoms with van der Waals surface area (Å²) >= 11 is 0. The first kappa shape index (κ1) is 16.8. The van der Waals surface area contributed by atoms with Gasteiger partial charge < -0.3 is 20.1 Å². The molecule has 1 saturated heterocycles. The van der Waals surface area contributed by atoms with Crippen molar-refractivity contribution < 1.29 is 9.84 Å². The van der Waals surface area contributed by atoms with Crippen LogP contribution in [0.15, 0.2) is 29.2 Å². The molecule has 1 fully saturated rings. The third kappa shape index (κ3) is 3.37. The van der Waals surface area contributed by atoms with Crippen molar-refractivity contribution in [2.24, 2.45) is 4.99 Å². The second-order valence-corrected chi connectivity index (χ2v) is 6.99. The van der Waals surface area contributed by atoms with Crippen LogP contribution in [0.5, 0.6) is 5.88 Å². The summed E-state index contributed by atoms with van der Waals surface area (Å²) in [6.07, 6.45) is 6.97. The molecule has 4 rings (SSSR count). The molecule has 2 aromatic heterocycles. The Balaban J connectivity index is 1.61. The standard InChI is InChI=1S/C18H24N6O2/c1-11(2)26-17-7-13-15(9-19-17)22-23-18(13)14-8-16(21-10-20-14)24-5-3-12(25)4-6-24/h7-12,14,25H,3-6H2,1-2H3,(H,20,21)(H,22,23). The van der Waals surface area contributed by atoms with Gasteiger partial charge in [0.15, 0.2) is 0 Å². The summed E-state index contributed by atoms with van der Waals surface area (Å²) in [6, 6.07) is 1.84. The van der Waals surface area contributed by atoms with Gasteiger partial charge in [0.25, 0.3) is 0 Å². The van der Waals surface area contributed by atoms with E-state index in [1.807, 2.05) is 19.9 Å². The number of rotatable bonds is 4. The van der Waals surface area contributed by atoms with Gasteiger partial charge in [0.05, 0.1) is 42.0 Å². The number of aromatic nitrogens is 3. The van der Waals surface area contributed by atoms with Crippen LogP contribution >= 0.6 is 0 Å². The predicted octanol–water partition coefficient (Wildman–Crippen LogP) is 1.72. The van der Waals surface area contributed by atoms with Gasteiger partial charge >= 0.3 is 0 Å². The summed E-state index contributed by atoms with van der Waals surface area (Å²) < 4.78 is 5.71.